The molecule has 0 saturated carbocycles. The van der Waals surface area contributed by atoms with Crippen LogP contribution in [0.3, 0.4) is 0 Å². The van der Waals surface area contributed by atoms with E-state index in [2.05, 4.69) is 5.92 Å². The second kappa shape index (κ2) is 5.25. The standard InChI is InChI=1S/C11H11FO2/c1-3-9-4-5-10(8-11(9)12)14-7-6-13-2/h1,4-5,8H,6-7H2,2H3. The highest BCUT2D eigenvalue weighted by atomic mass is 19.1. The number of benzene rings is 1. The molecule has 0 fully saturated rings. The number of methoxy groups -OCH3 is 1. The quantitative estimate of drug-likeness (QED) is 0.537. The van der Waals surface area contributed by atoms with E-state index >= 15 is 0 Å². The van der Waals surface area contributed by atoms with Crippen molar-refractivity contribution in [1.29, 1.82) is 0 Å². The van der Waals surface area contributed by atoms with Gasteiger partial charge in [0.2, 0.25) is 0 Å². The minimum atomic E-state index is -0.442. The molecule has 0 heterocycles. The summed E-state index contributed by atoms with van der Waals surface area (Å²) >= 11 is 0. The molecule has 0 amide bonds. The van der Waals surface area contributed by atoms with Crippen molar-refractivity contribution in [2.45, 2.75) is 0 Å². The third kappa shape index (κ3) is 2.75. The molecule has 0 aliphatic rings. The molecule has 0 aliphatic heterocycles. The van der Waals surface area contributed by atoms with Crippen molar-refractivity contribution in [3.8, 4) is 18.1 Å². The summed E-state index contributed by atoms with van der Waals surface area (Å²) in [5.74, 6) is 2.25. The average Bonchev–Trinajstić information content (AvgIpc) is 2.18. The van der Waals surface area contributed by atoms with Crippen molar-refractivity contribution in [1.82, 2.24) is 0 Å². The molecule has 0 aliphatic carbocycles. The van der Waals surface area contributed by atoms with Crippen molar-refractivity contribution in [2.75, 3.05) is 20.3 Å². The summed E-state index contributed by atoms with van der Waals surface area (Å²) in [7, 11) is 1.57. The van der Waals surface area contributed by atoms with Crippen LogP contribution in [0.15, 0.2) is 18.2 Å². The fourth-order valence-corrected chi connectivity index (χ4v) is 0.946. The van der Waals surface area contributed by atoms with Crippen molar-refractivity contribution in [3.63, 3.8) is 0 Å². The molecule has 0 bridgehead atoms. The second-order valence-electron chi connectivity index (χ2n) is 2.63. The predicted molar refractivity (Wildman–Crippen MR) is 51.7 cm³/mol. The van der Waals surface area contributed by atoms with Crippen LogP contribution in [-0.2, 0) is 4.74 Å². The van der Waals surface area contributed by atoms with Gasteiger partial charge in [0.1, 0.15) is 18.2 Å². The zero-order valence-electron chi connectivity index (χ0n) is 7.92. The smallest absolute Gasteiger partial charge is 0.142 e. The van der Waals surface area contributed by atoms with E-state index in [0.29, 0.717) is 19.0 Å². The molecule has 0 spiro atoms. The van der Waals surface area contributed by atoms with Crippen LogP contribution >= 0.6 is 0 Å². The lowest BCUT2D eigenvalue weighted by Crippen LogP contribution is -2.04. The fraction of sp³-hybridized carbons (Fsp3) is 0.273. The molecular formula is C11H11FO2. The van der Waals surface area contributed by atoms with Crippen LogP contribution in [0.4, 0.5) is 4.39 Å². The topological polar surface area (TPSA) is 18.5 Å². The molecule has 2 nitrogen and oxygen atoms in total. The Morgan fingerprint density at radius 2 is 2.21 bits per heavy atom. The summed E-state index contributed by atoms with van der Waals surface area (Å²) in [6, 6.07) is 4.41. The summed E-state index contributed by atoms with van der Waals surface area (Å²) in [5, 5.41) is 0. The van der Waals surface area contributed by atoms with Crippen LogP contribution in [0.25, 0.3) is 0 Å². The molecule has 0 aromatic heterocycles. The summed E-state index contributed by atoms with van der Waals surface area (Å²) < 4.78 is 23.1. The fourth-order valence-electron chi connectivity index (χ4n) is 0.946. The molecular weight excluding hydrogens is 183 g/mol. The van der Waals surface area contributed by atoms with Gasteiger partial charge in [-0.05, 0) is 12.1 Å². The summed E-state index contributed by atoms with van der Waals surface area (Å²) in [6.45, 7) is 0.865. The monoisotopic (exact) mass is 194 g/mol. The lowest BCUT2D eigenvalue weighted by Gasteiger charge is -2.05. The van der Waals surface area contributed by atoms with E-state index in [1.54, 1.807) is 13.2 Å². The summed E-state index contributed by atoms with van der Waals surface area (Å²) in [4.78, 5) is 0. The zero-order chi connectivity index (χ0) is 10.4. The minimum Gasteiger partial charge on any atom is -0.491 e. The van der Waals surface area contributed by atoms with Gasteiger partial charge in [-0.15, -0.1) is 6.42 Å². The van der Waals surface area contributed by atoms with Crippen molar-refractivity contribution < 1.29 is 13.9 Å². The molecule has 0 N–H and O–H groups in total. The maximum absolute atomic E-state index is 13.1. The molecule has 3 heteroatoms. The van der Waals surface area contributed by atoms with Crippen LogP contribution in [0.2, 0.25) is 0 Å². The van der Waals surface area contributed by atoms with Crippen LogP contribution in [0.1, 0.15) is 5.56 Å². The third-order valence-corrected chi connectivity index (χ3v) is 1.65. The van der Waals surface area contributed by atoms with Gasteiger partial charge in [0.05, 0.1) is 12.2 Å². The Morgan fingerprint density at radius 3 is 2.79 bits per heavy atom. The SMILES string of the molecule is C#Cc1ccc(OCCOC)cc1F. The van der Waals surface area contributed by atoms with Gasteiger partial charge in [-0.2, -0.15) is 0 Å². The van der Waals surface area contributed by atoms with Gasteiger partial charge in [-0.1, -0.05) is 5.92 Å². The van der Waals surface area contributed by atoms with Crippen molar-refractivity contribution >= 4 is 0 Å². The second-order valence-corrected chi connectivity index (χ2v) is 2.63. The van der Waals surface area contributed by atoms with Gasteiger partial charge in [0, 0.05) is 13.2 Å². The van der Waals surface area contributed by atoms with E-state index in [0.717, 1.165) is 0 Å². The van der Waals surface area contributed by atoms with Crippen molar-refractivity contribution in [2.24, 2.45) is 0 Å². The van der Waals surface area contributed by atoms with Crippen LogP contribution < -0.4 is 4.74 Å². The Kier molecular flexibility index (Phi) is 3.96. The van der Waals surface area contributed by atoms with Gasteiger partial charge in [0.15, 0.2) is 0 Å². The first-order chi connectivity index (χ1) is 6.77. The Hall–Kier alpha value is -1.53. The lowest BCUT2D eigenvalue weighted by atomic mass is 10.2. The Morgan fingerprint density at radius 1 is 1.43 bits per heavy atom. The first kappa shape index (κ1) is 10.6. The van der Waals surface area contributed by atoms with Gasteiger partial charge < -0.3 is 9.47 Å². The molecule has 0 atom stereocenters. The Labute approximate surface area is 82.6 Å². The molecule has 1 aromatic carbocycles. The lowest BCUT2D eigenvalue weighted by molar-refractivity contribution is 0.146. The molecule has 74 valence electrons. The van der Waals surface area contributed by atoms with E-state index < -0.39 is 5.82 Å². The largest absolute Gasteiger partial charge is 0.491 e. The van der Waals surface area contributed by atoms with Gasteiger partial charge in [-0.3, -0.25) is 0 Å². The number of hydrogen-bond donors (Lipinski definition) is 0. The number of ether oxygens (including phenoxy) is 2. The van der Waals surface area contributed by atoms with Crippen LogP contribution in [0, 0.1) is 18.2 Å². The molecule has 14 heavy (non-hydrogen) atoms. The first-order valence-electron chi connectivity index (χ1n) is 4.16. The maximum atomic E-state index is 13.1. The van der Waals surface area contributed by atoms with E-state index in [9.17, 15) is 4.39 Å². The molecule has 1 aromatic rings. The van der Waals surface area contributed by atoms with E-state index in [4.69, 9.17) is 15.9 Å². The van der Waals surface area contributed by atoms with Gasteiger partial charge in [-0.25, -0.2) is 4.39 Å². The van der Waals surface area contributed by atoms with Gasteiger partial charge in [0.25, 0.3) is 0 Å². The Balaban J connectivity index is 2.63. The highest BCUT2D eigenvalue weighted by Gasteiger charge is 2.01. The summed E-state index contributed by atoms with van der Waals surface area (Å²) in [6.07, 6.45) is 5.07. The van der Waals surface area contributed by atoms with Gasteiger partial charge >= 0.3 is 0 Å². The molecule has 0 radical (unpaired) electrons. The van der Waals surface area contributed by atoms with Crippen LogP contribution in [-0.4, -0.2) is 20.3 Å². The zero-order valence-corrected chi connectivity index (χ0v) is 7.92. The van der Waals surface area contributed by atoms with Crippen LogP contribution in [0.5, 0.6) is 5.75 Å². The highest BCUT2D eigenvalue weighted by Crippen LogP contribution is 2.15. The normalized spacial score (nSPS) is 9.50. The predicted octanol–water partition coefficient (Wildman–Crippen LogP) is 1.83. The Bertz CT molecular complexity index is 342. The van der Waals surface area contributed by atoms with Crippen molar-refractivity contribution in [3.05, 3.63) is 29.6 Å². The minimum absolute atomic E-state index is 0.240. The number of terminal acetylenes is 1. The maximum Gasteiger partial charge on any atom is 0.142 e. The number of hydrogen-bond acceptors (Lipinski definition) is 2. The van der Waals surface area contributed by atoms with E-state index in [1.807, 2.05) is 0 Å². The first-order valence-corrected chi connectivity index (χ1v) is 4.16. The third-order valence-electron chi connectivity index (χ3n) is 1.65. The van der Waals surface area contributed by atoms with E-state index in [1.165, 1.54) is 12.1 Å². The molecule has 0 unspecified atom stereocenters. The highest BCUT2D eigenvalue weighted by molar-refractivity contribution is 5.38. The molecule has 1 rings (SSSR count). The average molecular weight is 194 g/mol. The number of rotatable bonds is 4. The summed E-state index contributed by atoms with van der Waals surface area (Å²) in [5.41, 5.74) is 0.240. The molecule has 0 saturated heterocycles. The van der Waals surface area contributed by atoms with E-state index in [-0.39, 0.29) is 5.56 Å². The number of halogens is 1.